The van der Waals surface area contributed by atoms with E-state index in [-0.39, 0.29) is 6.03 Å². The van der Waals surface area contributed by atoms with Crippen LogP contribution in [-0.2, 0) is 6.42 Å². The monoisotopic (exact) mass is 397 g/mol. The van der Waals surface area contributed by atoms with Gasteiger partial charge in [-0.3, -0.25) is 0 Å². The summed E-state index contributed by atoms with van der Waals surface area (Å²) in [6, 6.07) is 25.0. The minimum Gasteiger partial charge on any atom is -0.496 e. The van der Waals surface area contributed by atoms with Crippen LogP contribution in [-0.4, -0.2) is 18.1 Å². The van der Waals surface area contributed by atoms with Gasteiger partial charge in [0.1, 0.15) is 5.75 Å². The zero-order valence-electron chi connectivity index (χ0n) is 17.0. The molecule has 0 aliphatic rings. The van der Waals surface area contributed by atoms with Gasteiger partial charge in [-0.05, 0) is 42.3 Å². The number of aryl methyl sites for hydroxylation is 1. The highest BCUT2D eigenvalue weighted by Crippen LogP contribution is 2.31. The Labute approximate surface area is 175 Å². The number of hydrogen-bond acceptors (Lipinski definition) is 3. The van der Waals surface area contributed by atoms with Crippen molar-refractivity contribution in [3.05, 3.63) is 84.4 Å². The highest BCUT2D eigenvalue weighted by atomic mass is 16.5. The van der Waals surface area contributed by atoms with Crippen LogP contribution in [0.5, 0.6) is 5.75 Å². The van der Waals surface area contributed by atoms with Crippen LogP contribution in [0.3, 0.4) is 0 Å². The zero-order chi connectivity index (χ0) is 20.9. The average Bonchev–Trinajstić information content (AvgIpc) is 2.79. The SMILES string of the molecule is CCc1ccc(NC(=O)Nc2ccc3nc(-c4ccccc4)cc(OC)c3c2)cc1. The fraction of sp³-hybridized carbons (Fsp3) is 0.120. The number of methoxy groups -OCH3 is 1. The van der Waals surface area contributed by atoms with Crippen LogP contribution in [0.25, 0.3) is 22.2 Å². The molecule has 1 heterocycles. The minimum atomic E-state index is -0.300. The average molecular weight is 397 g/mol. The number of anilines is 2. The van der Waals surface area contributed by atoms with Gasteiger partial charge < -0.3 is 15.4 Å². The van der Waals surface area contributed by atoms with Crippen LogP contribution in [0.1, 0.15) is 12.5 Å². The summed E-state index contributed by atoms with van der Waals surface area (Å²) in [6.07, 6.45) is 0.964. The van der Waals surface area contributed by atoms with Crippen molar-refractivity contribution in [3.8, 4) is 17.0 Å². The fourth-order valence-corrected chi connectivity index (χ4v) is 3.32. The molecule has 0 spiro atoms. The van der Waals surface area contributed by atoms with E-state index in [1.165, 1.54) is 5.56 Å². The van der Waals surface area contributed by atoms with Crippen molar-refractivity contribution in [2.24, 2.45) is 0 Å². The van der Waals surface area contributed by atoms with Crippen LogP contribution in [0.4, 0.5) is 16.2 Å². The molecule has 0 bridgehead atoms. The van der Waals surface area contributed by atoms with Crippen molar-refractivity contribution >= 4 is 28.3 Å². The van der Waals surface area contributed by atoms with E-state index in [1.807, 2.05) is 78.9 Å². The Hall–Kier alpha value is -3.86. The largest absolute Gasteiger partial charge is 0.496 e. The number of nitrogens with zero attached hydrogens (tertiary/aromatic N) is 1. The third-order valence-electron chi connectivity index (χ3n) is 4.94. The Balaban J connectivity index is 1.57. The molecule has 5 nitrogen and oxygen atoms in total. The molecule has 0 atom stereocenters. The molecule has 0 fully saturated rings. The zero-order valence-corrected chi connectivity index (χ0v) is 17.0. The summed E-state index contributed by atoms with van der Waals surface area (Å²) in [5.74, 6) is 0.707. The Morgan fingerprint density at radius 2 is 1.60 bits per heavy atom. The van der Waals surface area contributed by atoms with Crippen LogP contribution in [0, 0.1) is 0 Å². The van der Waals surface area contributed by atoms with Crippen molar-refractivity contribution in [2.75, 3.05) is 17.7 Å². The molecule has 4 aromatic rings. The van der Waals surface area contributed by atoms with Gasteiger partial charge in [0.15, 0.2) is 0 Å². The van der Waals surface area contributed by atoms with E-state index in [9.17, 15) is 4.79 Å². The highest BCUT2D eigenvalue weighted by molar-refractivity contribution is 6.01. The van der Waals surface area contributed by atoms with E-state index in [0.717, 1.165) is 34.3 Å². The van der Waals surface area contributed by atoms with E-state index in [1.54, 1.807) is 7.11 Å². The van der Waals surface area contributed by atoms with Gasteiger partial charge in [-0.15, -0.1) is 0 Å². The van der Waals surface area contributed by atoms with E-state index in [4.69, 9.17) is 9.72 Å². The molecule has 0 radical (unpaired) electrons. The van der Waals surface area contributed by atoms with Gasteiger partial charge in [-0.25, -0.2) is 9.78 Å². The molecule has 5 heteroatoms. The maximum atomic E-state index is 12.4. The van der Waals surface area contributed by atoms with E-state index >= 15 is 0 Å². The topological polar surface area (TPSA) is 63.2 Å². The molecule has 0 aliphatic heterocycles. The molecule has 0 saturated heterocycles. The molecule has 0 unspecified atom stereocenters. The van der Waals surface area contributed by atoms with Crippen LogP contribution < -0.4 is 15.4 Å². The van der Waals surface area contributed by atoms with Crippen molar-refractivity contribution in [3.63, 3.8) is 0 Å². The molecule has 2 N–H and O–H groups in total. The molecule has 2 amide bonds. The molecule has 0 saturated carbocycles. The summed E-state index contributed by atoms with van der Waals surface area (Å²) in [6.45, 7) is 2.10. The molecule has 1 aromatic heterocycles. The van der Waals surface area contributed by atoms with Gasteiger partial charge in [0.05, 0.1) is 18.3 Å². The lowest BCUT2D eigenvalue weighted by Gasteiger charge is -2.12. The lowest BCUT2D eigenvalue weighted by molar-refractivity contribution is 0.262. The smallest absolute Gasteiger partial charge is 0.323 e. The Kier molecular flexibility index (Phi) is 5.61. The minimum absolute atomic E-state index is 0.300. The van der Waals surface area contributed by atoms with Gasteiger partial charge in [0.2, 0.25) is 0 Å². The first-order chi connectivity index (χ1) is 14.7. The first kappa shape index (κ1) is 19.5. The maximum Gasteiger partial charge on any atom is 0.323 e. The number of rotatable bonds is 5. The quantitative estimate of drug-likeness (QED) is 0.427. The van der Waals surface area contributed by atoms with Crippen LogP contribution in [0.15, 0.2) is 78.9 Å². The predicted octanol–water partition coefficient (Wildman–Crippen LogP) is 6.12. The number of urea groups is 1. The number of carbonyl (C=O) groups excluding carboxylic acids is 1. The van der Waals surface area contributed by atoms with E-state index in [2.05, 4.69) is 17.6 Å². The number of carbonyl (C=O) groups is 1. The second kappa shape index (κ2) is 8.66. The lowest BCUT2D eigenvalue weighted by Crippen LogP contribution is -2.19. The maximum absolute atomic E-state index is 12.4. The normalized spacial score (nSPS) is 10.6. The van der Waals surface area contributed by atoms with Crippen molar-refractivity contribution in [2.45, 2.75) is 13.3 Å². The molecular formula is C25H23N3O2. The highest BCUT2D eigenvalue weighted by Gasteiger charge is 2.10. The standard InChI is InChI=1S/C25H23N3O2/c1-3-17-9-11-19(12-10-17)26-25(29)27-20-13-14-22-21(15-20)24(30-2)16-23(28-22)18-7-5-4-6-8-18/h4-16H,3H2,1-2H3,(H2,26,27,29). The van der Waals surface area contributed by atoms with Crippen molar-refractivity contribution in [1.82, 2.24) is 4.98 Å². The van der Waals surface area contributed by atoms with Crippen molar-refractivity contribution < 1.29 is 9.53 Å². The van der Waals surface area contributed by atoms with E-state index in [0.29, 0.717) is 11.4 Å². The number of fused-ring (bicyclic) bond motifs is 1. The molecule has 150 valence electrons. The first-order valence-corrected chi connectivity index (χ1v) is 9.87. The summed E-state index contributed by atoms with van der Waals surface area (Å²) in [5.41, 5.74) is 5.30. The number of pyridine rings is 1. The van der Waals surface area contributed by atoms with E-state index < -0.39 is 0 Å². The van der Waals surface area contributed by atoms with Gasteiger partial charge in [0, 0.05) is 28.4 Å². The summed E-state index contributed by atoms with van der Waals surface area (Å²) >= 11 is 0. The fourth-order valence-electron chi connectivity index (χ4n) is 3.32. The molecule has 0 aliphatic carbocycles. The Morgan fingerprint density at radius 3 is 2.30 bits per heavy atom. The number of aromatic nitrogens is 1. The molecule has 4 rings (SSSR count). The van der Waals surface area contributed by atoms with Gasteiger partial charge in [-0.1, -0.05) is 49.4 Å². The third-order valence-corrected chi connectivity index (χ3v) is 4.94. The number of benzene rings is 3. The second-order valence-corrected chi connectivity index (χ2v) is 6.94. The van der Waals surface area contributed by atoms with Crippen LogP contribution in [0.2, 0.25) is 0 Å². The molecular weight excluding hydrogens is 374 g/mol. The second-order valence-electron chi connectivity index (χ2n) is 6.94. The lowest BCUT2D eigenvalue weighted by atomic mass is 10.1. The number of hydrogen-bond donors (Lipinski definition) is 2. The first-order valence-electron chi connectivity index (χ1n) is 9.87. The summed E-state index contributed by atoms with van der Waals surface area (Å²) in [7, 11) is 1.64. The summed E-state index contributed by atoms with van der Waals surface area (Å²) < 4.78 is 5.60. The van der Waals surface area contributed by atoms with Crippen molar-refractivity contribution in [1.29, 1.82) is 0 Å². The summed E-state index contributed by atoms with van der Waals surface area (Å²) in [4.78, 5) is 17.1. The molecule has 30 heavy (non-hydrogen) atoms. The van der Waals surface area contributed by atoms with Gasteiger partial charge >= 0.3 is 6.03 Å². The predicted molar refractivity (Wildman–Crippen MR) is 122 cm³/mol. The Bertz CT molecular complexity index is 1170. The van der Waals surface area contributed by atoms with Gasteiger partial charge in [-0.2, -0.15) is 0 Å². The molecule has 3 aromatic carbocycles. The summed E-state index contributed by atoms with van der Waals surface area (Å²) in [5, 5.41) is 6.56. The third kappa shape index (κ3) is 4.25. The number of amides is 2. The van der Waals surface area contributed by atoms with Crippen LogP contribution >= 0.6 is 0 Å². The Morgan fingerprint density at radius 1 is 0.900 bits per heavy atom. The number of nitrogens with one attached hydrogen (secondary N) is 2. The number of ether oxygens (including phenoxy) is 1. The van der Waals surface area contributed by atoms with Gasteiger partial charge in [0.25, 0.3) is 0 Å².